The highest BCUT2D eigenvalue weighted by Crippen LogP contribution is 2.34. The summed E-state index contributed by atoms with van der Waals surface area (Å²) >= 11 is 0. The minimum absolute atomic E-state index is 0.456. The number of hydrogen-bond acceptors (Lipinski definition) is 3. The number of nitrogens with zero attached hydrogens (tertiary/aromatic N) is 4. The Balaban J connectivity index is 2.40. The SMILES string of the molecule is N#Cc1cnnn1C1CC1. The van der Waals surface area contributed by atoms with Crippen LogP contribution in [0.2, 0.25) is 0 Å². The van der Waals surface area contributed by atoms with Gasteiger partial charge in [0.05, 0.1) is 12.2 Å². The summed E-state index contributed by atoms with van der Waals surface area (Å²) in [4.78, 5) is 0. The van der Waals surface area contributed by atoms with Crippen molar-refractivity contribution in [2.75, 3.05) is 0 Å². The average molecular weight is 134 g/mol. The Labute approximate surface area is 58.1 Å². The zero-order valence-corrected chi connectivity index (χ0v) is 5.36. The van der Waals surface area contributed by atoms with Crippen molar-refractivity contribution in [2.45, 2.75) is 18.9 Å². The van der Waals surface area contributed by atoms with E-state index in [4.69, 9.17) is 5.26 Å². The fraction of sp³-hybridized carbons (Fsp3) is 0.500. The van der Waals surface area contributed by atoms with Crippen molar-refractivity contribution in [1.82, 2.24) is 15.0 Å². The van der Waals surface area contributed by atoms with Gasteiger partial charge in [0.1, 0.15) is 6.07 Å². The molecule has 1 aromatic heterocycles. The molecule has 1 aliphatic rings. The lowest BCUT2D eigenvalue weighted by atomic mass is 10.5. The molecule has 1 fully saturated rings. The van der Waals surface area contributed by atoms with E-state index in [1.165, 1.54) is 6.20 Å². The molecule has 0 amide bonds. The maximum atomic E-state index is 8.53. The fourth-order valence-electron chi connectivity index (χ4n) is 0.912. The molecule has 4 heteroatoms. The quantitative estimate of drug-likeness (QED) is 0.561. The van der Waals surface area contributed by atoms with Gasteiger partial charge in [-0.05, 0) is 12.8 Å². The van der Waals surface area contributed by atoms with Crippen LogP contribution in [0.4, 0.5) is 0 Å². The topological polar surface area (TPSA) is 54.5 Å². The van der Waals surface area contributed by atoms with E-state index in [0.29, 0.717) is 11.7 Å². The van der Waals surface area contributed by atoms with Gasteiger partial charge in [0.25, 0.3) is 0 Å². The Bertz CT molecular complexity index is 278. The minimum Gasteiger partial charge on any atom is -0.232 e. The maximum absolute atomic E-state index is 8.53. The molecular weight excluding hydrogens is 128 g/mol. The zero-order chi connectivity index (χ0) is 6.97. The molecule has 50 valence electrons. The van der Waals surface area contributed by atoms with E-state index in [1.807, 2.05) is 6.07 Å². The molecule has 1 aromatic rings. The Morgan fingerprint density at radius 1 is 1.70 bits per heavy atom. The first-order valence-corrected chi connectivity index (χ1v) is 3.22. The number of nitriles is 1. The van der Waals surface area contributed by atoms with Crippen molar-refractivity contribution in [2.24, 2.45) is 0 Å². The summed E-state index contributed by atoms with van der Waals surface area (Å²) in [5, 5.41) is 16.0. The van der Waals surface area contributed by atoms with Crippen LogP contribution < -0.4 is 0 Å². The third kappa shape index (κ3) is 0.676. The van der Waals surface area contributed by atoms with Crippen molar-refractivity contribution in [3.63, 3.8) is 0 Å². The van der Waals surface area contributed by atoms with Gasteiger partial charge in [-0.3, -0.25) is 0 Å². The van der Waals surface area contributed by atoms with Crippen molar-refractivity contribution >= 4 is 0 Å². The van der Waals surface area contributed by atoms with E-state index >= 15 is 0 Å². The summed E-state index contributed by atoms with van der Waals surface area (Å²) in [5.74, 6) is 0. The van der Waals surface area contributed by atoms with Crippen molar-refractivity contribution < 1.29 is 0 Å². The van der Waals surface area contributed by atoms with E-state index in [2.05, 4.69) is 10.3 Å². The third-order valence-corrected chi connectivity index (χ3v) is 1.58. The van der Waals surface area contributed by atoms with Crippen LogP contribution in [-0.2, 0) is 0 Å². The van der Waals surface area contributed by atoms with Crippen LogP contribution in [0, 0.1) is 11.3 Å². The van der Waals surface area contributed by atoms with Crippen LogP contribution in [0.5, 0.6) is 0 Å². The first-order valence-electron chi connectivity index (χ1n) is 3.22. The Morgan fingerprint density at radius 2 is 2.50 bits per heavy atom. The van der Waals surface area contributed by atoms with Gasteiger partial charge < -0.3 is 0 Å². The maximum Gasteiger partial charge on any atom is 0.159 e. The van der Waals surface area contributed by atoms with Gasteiger partial charge in [-0.25, -0.2) is 4.68 Å². The molecule has 0 spiro atoms. The molecule has 0 N–H and O–H groups in total. The van der Waals surface area contributed by atoms with Crippen LogP contribution in [0.15, 0.2) is 6.20 Å². The third-order valence-electron chi connectivity index (χ3n) is 1.58. The van der Waals surface area contributed by atoms with E-state index in [1.54, 1.807) is 4.68 Å². The molecule has 0 aromatic carbocycles. The van der Waals surface area contributed by atoms with Gasteiger partial charge in [0.2, 0.25) is 0 Å². The van der Waals surface area contributed by atoms with Crippen LogP contribution in [0.3, 0.4) is 0 Å². The second-order valence-corrected chi connectivity index (χ2v) is 2.41. The lowest BCUT2D eigenvalue weighted by molar-refractivity contribution is 0.604. The summed E-state index contributed by atoms with van der Waals surface area (Å²) in [7, 11) is 0. The molecule has 0 atom stereocenters. The van der Waals surface area contributed by atoms with Gasteiger partial charge >= 0.3 is 0 Å². The van der Waals surface area contributed by atoms with Crippen LogP contribution in [-0.4, -0.2) is 15.0 Å². The summed E-state index contributed by atoms with van der Waals surface area (Å²) in [5.41, 5.74) is 0.572. The molecule has 1 aliphatic carbocycles. The van der Waals surface area contributed by atoms with Crippen LogP contribution in [0.25, 0.3) is 0 Å². The van der Waals surface area contributed by atoms with Gasteiger partial charge in [-0.1, -0.05) is 5.21 Å². The van der Waals surface area contributed by atoms with E-state index in [0.717, 1.165) is 12.8 Å². The molecule has 1 saturated carbocycles. The predicted octanol–water partition coefficient (Wildman–Crippen LogP) is 0.485. The molecule has 0 saturated heterocycles. The zero-order valence-electron chi connectivity index (χ0n) is 5.36. The molecule has 1 heterocycles. The molecule has 0 unspecified atom stereocenters. The molecule has 2 rings (SSSR count). The lowest BCUT2D eigenvalue weighted by Gasteiger charge is -1.93. The molecule has 0 bridgehead atoms. The summed E-state index contributed by atoms with van der Waals surface area (Å²) in [6, 6.07) is 2.49. The molecule has 0 aliphatic heterocycles. The first-order chi connectivity index (χ1) is 4.92. The molecular formula is C6H6N4. The summed E-state index contributed by atoms with van der Waals surface area (Å²) in [6.45, 7) is 0. The Kier molecular flexibility index (Phi) is 0.978. The van der Waals surface area contributed by atoms with E-state index in [-0.39, 0.29) is 0 Å². The second kappa shape index (κ2) is 1.81. The van der Waals surface area contributed by atoms with E-state index < -0.39 is 0 Å². The average Bonchev–Trinajstić information content (AvgIpc) is 2.69. The van der Waals surface area contributed by atoms with Gasteiger partial charge in [-0.15, -0.1) is 5.10 Å². The molecule has 0 radical (unpaired) electrons. The highest BCUT2D eigenvalue weighted by molar-refractivity contribution is 5.16. The predicted molar refractivity (Wildman–Crippen MR) is 33.0 cm³/mol. The van der Waals surface area contributed by atoms with Gasteiger partial charge in [-0.2, -0.15) is 5.26 Å². The standard InChI is InChI=1S/C6H6N4/c7-3-6-4-8-9-10(6)5-1-2-5/h4-5H,1-2H2. The largest absolute Gasteiger partial charge is 0.232 e. The highest BCUT2D eigenvalue weighted by Gasteiger charge is 2.26. The Morgan fingerprint density at radius 3 is 3.10 bits per heavy atom. The second-order valence-electron chi connectivity index (χ2n) is 2.41. The van der Waals surface area contributed by atoms with Crippen LogP contribution in [0.1, 0.15) is 24.6 Å². The molecule has 4 nitrogen and oxygen atoms in total. The van der Waals surface area contributed by atoms with Gasteiger partial charge in [0, 0.05) is 0 Å². The molecule has 10 heavy (non-hydrogen) atoms. The normalized spacial score (nSPS) is 16.7. The highest BCUT2D eigenvalue weighted by atomic mass is 15.4. The Hall–Kier alpha value is -1.37. The number of hydrogen-bond donors (Lipinski definition) is 0. The van der Waals surface area contributed by atoms with Crippen molar-refractivity contribution in [3.05, 3.63) is 11.9 Å². The number of aromatic nitrogens is 3. The minimum atomic E-state index is 0.456. The monoisotopic (exact) mass is 134 g/mol. The van der Waals surface area contributed by atoms with Crippen molar-refractivity contribution in [1.29, 1.82) is 5.26 Å². The number of rotatable bonds is 1. The fourth-order valence-corrected chi connectivity index (χ4v) is 0.912. The van der Waals surface area contributed by atoms with Crippen molar-refractivity contribution in [3.8, 4) is 6.07 Å². The van der Waals surface area contributed by atoms with Crippen LogP contribution >= 0.6 is 0 Å². The van der Waals surface area contributed by atoms with Gasteiger partial charge in [0.15, 0.2) is 5.69 Å². The summed E-state index contributed by atoms with van der Waals surface area (Å²) < 4.78 is 1.69. The smallest absolute Gasteiger partial charge is 0.159 e. The lowest BCUT2D eigenvalue weighted by Crippen LogP contribution is -1.98. The first kappa shape index (κ1) is 5.42. The summed E-state index contributed by atoms with van der Waals surface area (Å²) in [6.07, 6.45) is 3.77. The van der Waals surface area contributed by atoms with E-state index in [9.17, 15) is 0 Å².